The largest absolute Gasteiger partial charge is 0.340 e. The van der Waals surface area contributed by atoms with E-state index in [1.54, 1.807) is 16.8 Å². The van der Waals surface area contributed by atoms with Gasteiger partial charge in [-0.1, -0.05) is 4.49 Å². The second kappa shape index (κ2) is 7.76. The summed E-state index contributed by atoms with van der Waals surface area (Å²) in [6, 6.07) is 1.34. The van der Waals surface area contributed by atoms with Crippen LogP contribution >= 0.6 is 22.9 Å². The zero-order valence-electron chi connectivity index (χ0n) is 15.1. The fourth-order valence-corrected chi connectivity index (χ4v) is 5.00. The van der Waals surface area contributed by atoms with E-state index in [1.165, 1.54) is 46.0 Å². The summed E-state index contributed by atoms with van der Waals surface area (Å²) in [4.78, 5) is 45.2. The average Bonchev–Trinajstić information content (AvgIpc) is 3.42. The minimum absolute atomic E-state index is 0.0244. The molecule has 1 aliphatic heterocycles. The van der Waals surface area contributed by atoms with Crippen molar-refractivity contribution < 1.29 is 9.59 Å². The smallest absolute Gasteiger partial charge is 0.256 e. The molecule has 1 aliphatic rings. The van der Waals surface area contributed by atoms with E-state index in [0.29, 0.717) is 25.2 Å². The number of likely N-dealkylation sites (tertiary alicyclic amines) is 1. The fraction of sp³-hybridized carbons (Fsp3) is 0.412. The fourth-order valence-electron chi connectivity index (χ4n) is 3.30. The van der Waals surface area contributed by atoms with Crippen LogP contribution in [-0.2, 0) is 11.3 Å². The van der Waals surface area contributed by atoms with E-state index >= 15 is 0 Å². The first-order valence-corrected chi connectivity index (χ1v) is 10.4. The molecule has 1 saturated heterocycles. The molecule has 2 amide bonds. The Balaban J connectivity index is 1.36. The summed E-state index contributed by atoms with van der Waals surface area (Å²) in [6.07, 6.45) is 3.83. The maximum atomic E-state index is 12.9. The van der Waals surface area contributed by atoms with E-state index in [-0.39, 0.29) is 29.8 Å². The maximum Gasteiger partial charge on any atom is 0.256 e. The van der Waals surface area contributed by atoms with Gasteiger partial charge in [0.2, 0.25) is 5.91 Å². The van der Waals surface area contributed by atoms with E-state index in [4.69, 9.17) is 0 Å². The first-order valence-electron chi connectivity index (χ1n) is 8.79. The molecule has 4 rings (SSSR count). The molecule has 0 aliphatic carbocycles. The predicted molar refractivity (Wildman–Crippen MR) is 105 cm³/mol. The first-order chi connectivity index (χ1) is 13.5. The zero-order chi connectivity index (χ0) is 19.7. The SMILES string of the molecule is CN(C(=O)c1csc2nnsc12)C1CCN(C(=O)CCn2cnccc2=O)C1. The molecule has 0 saturated carbocycles. The highest BCUT2D eigenvalue weighted by atomic mass is 32.1. The van der Waals surface area contributed by atoms with E-state index in [1.807, 2.05) is 5.38 Å². The Morgan fingerprint density at radius 3 is 3.07 bits per heavy atom. The third kappa shape index (κ3) is 3.54. The van der Waals surface area contributed by atoms with Gasteiger partial charge in [-0.05, 0) is 18.0 Å². The van der Waals surface area contributed by atoms with Gasteiger partial charge in [0.15, 0.2) is 4.83 Å². The number of likely N-dealkylation sites (N-methyl/N-ethyl adjacent to an activating group) is 1. The van der Waals surface area contributed by atoms with Gasteiger partial charge in [-0.15, -0.1) is 16.4 Å². The van der Waals surface area contributed by atoms with Crippen molar-refractivity contribution in [1.82, 2.24) is 28.9 Å². The van der Waals surface area contributed by atoms with Gasteiger partial charge in [0.1, 0.15) is 0 Å². The lowest BCUT2D eigenvalue weighted by Gasteiger charge is -2.24. The molecule has 0 N–H and O–H groups in total. The number of rotatable bonds is 5. The molecule has 28 heavy (non-hydrogen) atoms. The van der Waals surface area contributed by atoms with Gasteiger partial charge in [0, 0.05) is 50.7 Å². The molecule has 4 heterocycles. The van der Waals surface area contributed by atoms with Gasteiger partial charge in [-0.3, -0.25) is 19.0 Å². The van der Waals surface area contributed by atoms with Crippen LogP contribution in [0.15, 0.2) is 28.8 Å². The van der Waals surface area contributed by atoms with Crippen LogP contribution in [0.4, 0.5) is 0 Å². The van der Waals surface area contributed by atoms with Crippen LogP contribution in [0.2, 0.25) is 0 Å². The topological polar surface area (TPSA) is 101 Å². The van der Waals surface area contributed by atoms with Crippen molar-refractivity contribution in [2.24, 2.45) is 0 Å². The zero-order valence-corrected chi connectivity index (χ0v) is 16.8. The molecule has 3 aromatic rings. The number of carbonyl (C=O) groups excluding carboxylic acids is 2. The number of amides is 2. The summed E-state index contributed by atoms with van der Waals surface area (Å²) < 4.78 is 6.14. The summed E-state index contributed by atoms with van der Waals surface area (Å²) >= 11 is 2.64. The highest BCUT2D eigenvalue weighted by Gasteiger charge is 2.32. The molecule has 0 bridgehead atoms. The van der Waals surface area contributed by atoms with Gasteiger partial charge in [0.05, 0.1) is 22.6 Å². The van der Waals surface area contributed by atoms with Crippen LogP contribution in [0.3, 0.4) is 0 Å². The summed E-state index contributed by atoms with van der Waals surface area (Å²) in [6.45, 7) is 1.40. The van der Waals surface area contributed by atoms with E-state index < -0.39 is 0 Å². The minimum Gasteiger partial charge on any atom is -0.340 e. The number of fused-ring (bicyclic) bond motifs is 1. The molecule has 1 atom stereocenters. The van der Waals surface area contributed by atoms with Crippen LogP contribution < -0.4 is 5.56 Å². The number of aromatic nitrogens is 4. The van der Waals surface area contributed by atoms with Crippen LogP contribution in [0.1, 0.15) is 23.2 Å². The van der Waals surface area contributed by atoms with Crippen molar-refractivity contribution in [2.75, 3.05) is 20.1 Å². The highest BCUT2D eigenvalue weighted by Crippen LogP contribution is 2.29. The minimum atomic E-state index is -0.174. The molecule has 1 fully saturated rings. The van der Waals surface area contributed by atoms with Gasteiger partial charge < -0.3 is 9.80 Å². The highest BCUT2D eigenvalue weighted by molar-refractivity contribution is 7.24. The van der Waals surface area contributed by atoms with E-state index in [2.05, 4.69) is 14.6 Å². The molecule has 1 unspecified atom stereocenters. The second-order valence-corrected chi connectivity index (χ2v) is 8.23. The Labute approximate surface area is 168 Å². The quantitative estimate of drug-likeness (QED) is 0.614. The first kappa shape index (κ1) is 18.7. The van der Waals surface area contributed by atoms with Gasteiger partial charge in [-0.25, -0.2) is 4.98 Å². The third-order valence-electron chi connectivity index (χ3n) is 4.96. The van der Waals surface area contributed by atoms with Crippen molar-refractivity contribution in [1.29, 1.82) is 0 Å². The standard InChI is InChI=1S/C17H18N6O3S2/c1-21(17(26)12-9-27-16-15(12)28-20-19-16)11-3-6-22(8-11)14(25)4-7-23-10-18-5-2-13(23)24/h2,5,9-11H,3-4,6-8H2,1H3. The van der Waals surface area contributed by atoms with Crippen molar-refractivity contribution in [3.63, 3.8) is 0 Å². The lowest BCUT2D eigenvalue weighted by Crippen LogP contribution is -2.40. The van der Waals surface area contributed by atoms with Crippen molar-refractivity contribution in [3.05, 3.63) is 39.9 Å². The third-order valence-corrected chi connectivity index (χ3v) is 6.72. The number of carbonyl (C=O) groups is 2. The Morgan fingerprint density at radius 1 is 1.39 bits per heavy atom. The Morgan fingerprint density at radius 2 is 2.25 bits per heavy atom. The predicted octanol–water partition coefficient (Wildman–Crippen LogP) is 1.07. The maximum absolute atomic E-state index is 12.9. The molecule has 3 aromatic heterocycles. The molecule has 146 valence electrons. The summed E-state index contributed by atoms with van der Waals surface area (Å²) in [7, 11) is 1.77. The monoisotopic (exact) mass is 418 g/mol. The Hall–Kier alpha value is -2.66. The molecule has 11 heteroatoms. The molecule has 0 aromatic carbocycles. The Kier molecular flexibility index (Phi) is 5.18. The number of aryl methyl sites for hydroxylation is 1. The lowest BCUT2D eigenvalue weighted by atomic mass is 10.2. The Bertz CT molecular complexity index is 1070. The molecular weight excluding hydrogens is 400 g/mol. The molecule has 0 spiro atoms. The van der Waals surface area contributed by atoms with Gasteiger partial charge in [0.25, 0.3) is 11.5 Å². The number of hydrogen-bond donors (Lipinski definition) is 0. The van der Waals surface area contributed by atoms with Crippen LogP contribution in [0.25, 0.3) is 9.53 Å². The van der Waals surface area contributed by atoms with E-state index in [9.17, 15) is 14.4 Å². The number of hydrogen-bond acceptors (Lipinski definition) is 8. The molecule has 0 radical (unpaired) electrons. The summed E-state index contributed by atoms with van der Waals surface area (Å²) in [5, 5.41) is 5.82. The molecular formula is C17H18N6O3S2. The molecule has 9 nitrogen and oxygen atoms in total. The summed E-state index contributed by atoms with van der Waals surface area (Å²) in [5.74, 6) is -0.0952. The average molecular weight is 419 g/mol. The van der Waals surface area contributed by atoms with Gasteiger partial charge >= 0.3 is 0 Å². The van der Waals surface area contributed by atoms with Crippen molar-refractivity contribution >= 4 is 44.2 Å². The number of thiophene rings is 1. The number of nitrogens with zero attached hydrogens (tertiary/aromatic N) is 6. The van der Waals surface area contributed by atoms with Crippen molar-refractivity contribution in [3.8, 4) is 0 Å². The van der Waals surface area contributed by atoms with E-state index in [0.717, 1.165) is 16.0 Å². The second-order valence-electron chi connectivity index (χ2n) is 6.62. The van der Waals surface area contributed by atoms with Crippen LogP contribution in [-0.4, -0.2) is 66.9 Å². The van der Waals surface area contributed by atoms with Crippen LogP contribution in [0, 0.1) is 0 Å². The van der Waals surface area contributed by atoms with Crippen molar-refractivity contribution in [2.45, 2.75) is 25.4 Å². The lowest BCUT2D eigenvalue weighted by molar-refractivity contribution is -0.130. The van der Waals surface area contributed by atoms with Crippen LogP contribution in [0.5, 0.6) is 0 Å². The van der Waals surface area contributed by atoms with Gasteiger partial charge in [-0.2, -0.15) is 0 Å². The normalized spacial score (nSPS) is 16.6. The summed E-state index contributed by atoms with van der Waals surface area (Å²) in [5.41, 5.74) is 0.449.